The van der Waals surface area contributed by atoms with Gasteiger partial charge in [-0.05, 0) is 25.0 Å². The first kappa shape index (κ1) is 13.7. The summed E-state index contributed by atoms with van der Waals surface area (Å²) in [5, 5.41) is 9.36. The summed E-state index contributed by atoms with van der Waals surface area (Å²) in [6, 6.07) is 7.56. The lowest BCUT2D eigenvalue weighted by Gasteiger charge is -2.01. The predicted molar refractivity (Wildman–Crippen MR) is 73.3 cm³/mol. The van der Waals surface area contributed by atoms with Gasteiger partial charge < -0.3 is 9.52 Å². The molecule has 19 heavy (non-hydrogen) atoms. The maximum absolute atomic E-state index is 10.6. The summed E-state index contributed by atoms with van der Waals surface area (Å²) in [7, 11) is 0. The topological polar surface area (TPSA) is 63.3 Å². The molecule has 0 radical (unpaired) electrons. The first-order valence-electron chi connectivity index (χ1n) is 5.91. The van der Waals surface area contributed by atoms with E-state index in [1.165, 1.54) is 11.8 Å². The van der Waals surface area contributed by atoms with Crippen molar-refractivity contribution in [3.05, 3.63) is 46.8 Å². The number of aromatic nitrogens is 1. The maximum atomic E-state index is 10.6. The van der Waals surface area contributed by atoms with Crippen molar-refractivity contribution in [1.82, 2.24) is 4.98 Å². The number of carboxylic acids is 1. The highest BCUT2D eigenvalue weighted by molar-refractivity contribution is 7.98. The number of hydrogen-bond acceptors (Lipinski definition) is 4. The van der Waals surface area contributed by atoms with E-state index in [2.05, 4.69) is 4.98 Å². The number of thioether (sulfide) groups is 1. The van der Waals surface area contributed by atoms with E-state index in [0.717, 1.165) is 28.3 Å². The van der Waals surface area contributed by atoms with Gasteiger partial charge in [0.2, 0.25) is 0 Å². The van der Waals surface area contributed by atoms with Crippen molar-refractivity contribution in [2.24, 2.45) is 0 Å². The molecule has 1 N–H and O–H groups in total. The first-order chi connectivity index (χ1) is 9.04. The highest BCUT2D eigenvalue weighted by Gasteiger charge is 2.06. The largest absolute Gasteiger partial charge is 0.481 e. The Balaban J connectivity index is 1.94. The van der Waals surface area contributed by atoms with E-state index in [4.69, 9.17) is 9.52 Å². The number of carbonyl (C=O) groups is 1. The van der Waals surface area contributed by atoms with Crippen molar-refractivity contribution in [3.8, 4) is 0 Å². The molecule has 0 unspecified atom stereocenters. The molecule has 0 amide bonds. The minimum atomic E-state index is -0.812. The smallest absolute Gasteiger partial charge is 0.307 e. The Morgan fingerprint density at radius 3 is 2.42 bits per heavy atom. The fraction of sp³-hybridized carbons (Fsp3) is 0.286. The van der Waals surface area contributed by atoms with Crippen LogP contribution in [0.15, 0.2) is 33.9 Å². The molecule has 0 saturated carbocycles. The van der Waals surface area contributed by atoms with Crippen molar-refractivity contribution in [3.63, 3.8) is 0 Å². The Morgan fingerprint density at radius 2 is 1.89 bits per heavy atom. The van der Waals surface area contributed by atoms with Gasteiger partial charge in [0.15, 0.2) is 0 Å². The van der Waals surface area contributed by atoms with Crippen molar-refractivity contribution in [2.75, 3.05) is 0 Å². The van der Waals surface area contributed by atoms with Gasteiger partial charge in [0.1, 0.15) is 5.76 Å². The maximum Gasteiger partial charge on any atom is 0.307 e. The van der Waals surface area contributed by atoms with Crippen LogP contribution >= 0.6 is 11.8 Å². The Bertz CT molecular complexity index is 555. The molecule has 0 spiro atoms. The molecule has 2 rings (SSSR count). The molecule has 0 aliphatic heterocycles. The molecule has 0 atom stereocenters. The van der Waals surface area contributed by atoms with Crippen LogP contribution < -0.4 is 0 Å². The fourth-order valence-corrected chi connectivity index (χ4v) is 2.45. The average molecular weight is 277 g/mol. The molecule has 2 aromatic rings. The second kappa shape index (κ2) is 5.93. The lowest BCUT2D eigenvalue weighted by Crippen LogP contribution is -1.99. The summed E-state index contributed by atoms with van der Waals surface area (Å²) in [5.74, 6) is 0.791. The van der Waals surface area contributed by atoms with Crippen LogP contribution in [0, 0.1) is 13.8 Å². The summed E-state index contributed by atoms with van der Waals surface area (Å²) in [4.78, 5) is 14.9. The van der Waals surface area contributed by atoms with E-state index in [9.17, 15) is 4.79 Å². The Morgan fingerprint density at radius 1 is 1.26 bits per heavy atom. The number of aryl methyl sites for hydroxylation is 2. The molecule has 0 saturated heterocycles. The van der Waals surface area contributed by atoms with Crippen LogP contribution in [0.2, 0.25) is 0 Å². The monoisotopic (exact) mass is 277 g/mol. The van der Waals surface area contributed by atoms with Crippen LogP contribution in [0.3, 0.4) is 0 Å². The first-order valence-corrected chi connectivity index (χ1v) is 6.89. The van der Waals surface area contributed by atoms with E-state index >= 15 is 0 Å². The third-order valence-corrected chi connectivity index (χ3v) is 3.65. The average Bonchev–Trinajstić information content (AvgIpc) is 2.67. The summed E-state index contributed by atoms with van der Waals surface area (Å²) in [5.41, 5.74) is 2.84. The van der Waals surface area contributed by atoms with Gasteiger partial charge in [-0.3, -0.25) is 4.79 Å². The third kappa shape index (κ3) is 3.86. The number of nitrogens with zero attached hydrogens (tertiary/aromatic N) is 1. The highest BCUT2D eigenvalue weighted by atomic mass is 32.2. The number of rotatable bonds is 5. The fourth-order valence-electron chi connectivity index (χ4n) is 1.58. The lowest BCUT2D eigenvalue weighted by molar-refractivity contribution is -0.136. The zero-order chi connectivity index (χ0) is 13.8. The Hall–Kier alpha value is -1.75. The van der Waals surface area contributed by atoms with Gasteiger partial charge in [-0.25, -0.2) is 4.98 Å². The molecular weight excluding hydrogens is 262 g/mol. The second-order valence-electron chi connectivity index (χ2n) is 4.30. The van der Waals surface area contributed by atoms with E-state index in [1.807, 2.05) is 38.1 Å². The standard InChI is InChI=1S/C14H15NO3S/c1-9-10(2)18-14(15-9)19-8-12-5-3-11(4-6-12)7-13(16)17/h3-6H,7-8H2,1-2H3,(H,16,17). The van der Waals surface area contributed by atoms with Crippen LogP contribution in [0.1, 0.15) is 22.6 Å². The van der Waals surface area contributed by atoms with Gasteiger partial charge in [-0.1, -0.05) is 36.0 Å². The molecule has 5 heteroatoms. The molecule has 0 aliphatic rings. The number of benzene rings is 1. The van der Waals surface area contributed by atoms with Crippen molar-refractivity contribution >= 4 is 17.7 Å². The van der Waals surface area contributed by atoms with Crippen molar-refractivity contribution in [1.29, 1.82) is 0 Å². The molecule has 100 valence electrons. The minimum Gasteiger partial charge on any atom is -0.481 e. The van der Waals surface area contributed by atoms with Gasteiger partial charge in [0.05, 0.1) is 12.1 Å². The van der Waals surface area contributed by atoms with Gasteiger partial charge in [-0.15, -0.1) is 0 Å². The number of hydrogen-bond donors (Lipinski definition) is 1. The van der Waals surface area contributed by atoms with Crippen molar-refractivity contribution < 1.29 is 14.3 Å². The van der Waals surface area contributed by atoms with Gasteiger partial charge in [0.25, 0.3) is 5.22 Å². The third-order valence-electron chi connectivity index (χ3n) is 2.75. The van der Waals surface area contributed by atoms with E-state index in [0.29, 0.717) is 5.22 Å². The normalized spacial score (nSPS) is 10.6. The van der Waals surface area contributed by atoms with Crippen molar-refractivity contribution in [2.45, 2.75) is 31.2 Å². The number of aliphatic carboxylic acids is 1. The summed E-state index contributed by atoms with van der Waals surface area (Å²) < 4.78 is 5.49. The van der Waals surface area contributed by atoms with Crippen LogP contribution in [-0.4, -0.2) is 16.1 Å². The molecule has 1 heterocycles. The van der Waals surface area contributed by atoms with E-state index in [-0.39, 0.29) is 6.42 Å². The molecule has 1 aromatic heterocycles. The zero-order valence-electron chi connectivity index (χ0n) is 10.8. The predicted octanol–water partition coefficient (Wildman–Crippen LogP) is 3.21. The molecule has 0 fully saturated rings. The molecular formula is C14H15NO3S. The second-order valence-corrected chi connectivity index (χ2v) is 5.22. The van der Waals surface area contributed by atoms with Gasteiger partial charge in [0, 0.05) is 5.75 Å². The number of carboxylic acid groups (broad SMARTS) is 1. The van der Waals surface area contributed by atoms with Gasteiger partial charge >= 0.3 is 5.97 Å². The Labute approximate surface area is 115 Å². The molecule has 4 nitrogen and oxygen atoms in total. The lowest BCUT2D eigenvalue weighted by atomic mass is 10.1. The molecule has 0 bridgehead atoms. The van der Waals surface area contributed by atoms with Crippen LogP contribution in [0.25, 0.3) is 0 Å². The van der Waals surface area contributed by atoms with Gasteiger partial charge in [-0.2, -0.15) is 0 Å². The zero-order valence-corrected chi connectivity index (χ0v) is 11.7. The Kier molecular flexibility index (Phi) is 4.27. The summed E-state index contributed by atoms with van der Waals surface area (Å²) in [6.07, 6.45) is 0.0611. The summed E-state index contributed by atoms with van der Waals surface area (Å²) in [6.45, 7) is 3.82. The van der Waals surface area contributed by atoms with E-state index in [1.54, 1.807) is 0 Å². The minimum absolute atomic E-state index is 0.0611. The molecule has 1 aromatic carbocycles. The van der Waals surface area contributed by atoms with Crippen LogP contribution in [0.5, 0.6) is 0 Å². The highest BCUT2D eigenvalue weighted by Crippen LogP contribution is 2.24. The quantitative estimate of drug-likeness (QED) is 0.850. The van der Waals surface area contributed by atoms with Crippen LogP contribution in [0.4, 0.5) is 0 Å². The van der Waals surface area contributed by atoms with Crippen LogP contribution in [-0.2, 0) is 17.0 Å². The SMILES string of the molecule is Cc1nc(SCc2ccc(CC(=O)O)cc2)oc1C. The summed E-state index contributed by atoms with van der Waals surface area (Å²) >= 11 is 1.53. The number of oxazole rings is 1. The van der Waals surface area contributed by atoms with E-state index < -0.39 is 5.97 Å². The molecule has 0 aliphatic carbocycles.